The van der Waals surface area contributed by atoms with Gasteiger partial charge < -0.3 is 15.5 Å². The summed E-state index contributed by atoms with van der Waals surface area (Å²) in [5, 5.41) is 13.5. The summed E-state index contributed by atoms with van der Waals surface area (Å²) in [6.45, 7) is 6.78. The maximum atomic E-state index is 13.3. The fourth-order valence-corrected chi connectivity index (χ4v) is 5.27. The minimum absolute atomic E-state index is 0.0511. The molecule has 2 aliphatic rings. The second-order valence-electron chi connectivity index (χ2n) is 9.66. The van der Waals surface area contributed by atoms with E-state index >= 15 is 0 Å². The molecular weight excluding hydrogens is 418 g/mol. The van der Waals surface area contributed by atoms with Gasteiger partial charge in [-0.25, -0.2) is 9.97 Å². The highest BCUT2D eigenvalue weighted by Gasteiger charge is 2.37. The summed E-state index contributed by atoms with van der Waals surface area (Å²) in [6.07, 6.45) is 7.34. The summed E-state index contributed by atoms with van der Waals surface area (Å²) in [4.78, 5) is 36.3. The van der Waals surface area contributed by atoms with Gasteiger partial charge in [0.2, 0.25) is 11.8 Å². The van der Waals surface area contributed by atoms with Crippen molar-refractivity contribution < 1.29 is 9.59 Å². The van der Waals surface area contributed by atoms with Crippen LogP contribution in [0, 0.1) is 13.8 Å². The molecule has 1 aliphatic heterocycles. The minimum atomic E-state index is -0.390. The lowest BCUT2D eigenvalue weighted by molar-refractivity contribution is -0.135. The van der Waals surface area contributed by atoms with E-state index in [1.54, 1.807) is 6.92 Å². The van der Waals surface area contributed by atoms with E-state index in [2.05, 4.69) is 25.8 Å². The molecule has 3 N–H and O–H groups in total. The van der Waals surface area contributed by atoms with Gasteiger partial charge in [-0.15, -0.1) is 0 Å². The number of hydrogen-bond donors (Lipinski definition) is 3. The van der Waals surface area contributed by atoms with Crippen LogP contribution in [0.25, 0.3) is 0 Å². The highest BCUT2D eigenvalue weighted by Crippen LogP contribution is 2.33. The van der Waals surface area contributed by atoms with Crippen LogP contribution < -0.4 is 10.6 Å². The van der Waals surface area contributed by atoms with Crippen molar-refractivity contribution in [2.75, 3.05) is 18.4 Å². The number of nitrogens with one attached hydrogen (secondary N) is 3. The number of nitrogens with zero attached hydrogens (tertiary/aromatic N) is 4. The predicted octanol–water partition coefficient (Wildman–Crippen LogP) is 3.50. The van der Waals surface area contributed by atoms with Crippen molar-refractivity contribution >= 4 is 23.5 Å². The first-order valence-corrected chi connectivity index (χ1v) is 12.0. The molecule has 4 rings (SSSR count). The molecule has 1 aliphatic carbocycles. The van der Waals surface area contributed by atoms with Crippen LogP contribution in [-0.2, 0) is 9.59 Å². The highest BCUT2D eigenvalue weighted by molar-refractivity contribution is 5.80. The second-order valence-corrected chi connectivity index (χ2v) is 9.66. The molecule has 0 bridgehead atoms. The summed E-state index contributed by atoms with van der Waals surface area (Å²) in [5.41, 5.74) is 1.53. The number of piperidine rings is 1. The maximum absolute atomic E-state index is 13.3. The Balaban J connectivity index is 1.45. The Bertz CT molecular complexity index is 996. The first-order valence-electron chi connectivity index (χ1n) is 12.0. The largest absolute Gasteiger partial charge is 0.350 e. The number of hydrogen-bond acceptors (Lipinski definition) is 6. The summed E-state index contributed by atoms with van der Waals surface area (Å²) in [5.74, 6) is 2.36. The number of aromatic nitrogens is 4. The van der Waals surface area contributed by atoms with Gasteiger partial charge in [0.1, 0.15) is 11.6 Å². The van der Waals surface area contributed by atoms with Crippen molar-refractivity contribution in [3.63, 3.8) is 0 Å². The van der Waals surface area contributed by atoms with E-state index in [9.17, 15) is 9.59 Å². The standard InChI is InChI=1S/C24H35N7O2/c1-16-12-22(30-29-16)27-21-13-20(25-17(2)26-21)19-8-7-11-31(15-19)23(33)14-24(28-18(3)32)9-5-4-6-10-24/h12-13,19H,4-11,14-15H2,1-3H3,(H,28,32)(H2,25,26,27,29,30)/t19-/m1/s1. The molecule has 33 heavy (non-hydrogen) atoms. The van der Waals surface area contributed by atoms with E-state index in [0.717, 1.165) is 56.5 Å². The first kappa shape index (κ1) is 23.2. The van der Waals surface area contributed by atoms with Crippen LogP contribution in [0.2, 0.25) is 0 Å². The van der Waals surface area contributed by atoms with E-state index in [1.165, 1.54) is 6.42 Å². The first-order chi connectivity index (χ1) is 15.8. The van der Waals surface area contributed by atoms with Crippen LogP contribution in [0.1, 0.15) is 81.4 Å². The lowest BCUT2D eigenvalue weighted by Gasteiger charge is -2.40. The van der Waals surface area contributed by atoms with Crippen molar-refractivity contribution in [3.8, 4) is 0 Å². The van der Waals surface area contributed by atoms with Gasteiger partial charge in [0, 0.05) is 55.7 Å². The van der Waals surface area contributed by atoms with Gasteiger partial charge in [0.05, 0.1) is 5.69 Å². The van der Waals surface area contributed by atoms with Crippen molar-refractivity contribution in [1.82, 2.24) is 30.4 Å². The van der Waals surface area contributed by atoms with E-state index in [-0.39, 0.29) is 17.7 Å². The third-order valence-electron chi connectivity index (χ3n) is 6.75. The molecule has 0 unspecified atom stereocenters. The molecule has 0 spiro atoms. The van der Waals surface area contributed by atoms with Crippen molar-refractivity contribution in [3.05, 3.63) is 29.3 Å². The normalized spacial score (nSPS) is 20.3. The molecule has 0 aromatic carbocycles. The molecule has 2 aromatic rings. The SMILES string of the molecule is CC(=O)NC1(CC(=O)N2CCC[C@@H](c3cc(Nc4cc(C)[nH]n4)nc(C)n3)C2)CCCCC1. The third-order valence-corrected chi connectivity index (χ3v) is 6.75. The van der Waals surface area contributed by atoms with Gasteiger partial charge in [-0.05, 0) is 39.5 Å². The van der Waals surface area contributed by atoms with Crippen molar-refractivity contribution in [2.24, 2.45) is 0 Å². The molecule has 2 amide bonds. The monoisotopic (exact) mass is 453 g/mol. The van der Waals surface area contributed by atoms with Crippen molar-refractivity contribution in [1.29, 1.82) is 0 Å². The van der Waals surface area contributed by atoms with Gasteiger partial charge in [0.25, 0.3) is 0 Å². The van der Waals surface area contributed by atoms with Crippen molar-refractivity contribution in [2.45, 2.75) is 83.6 Å². The Morgan fingerprint density at radius 1 is 1.12 bits per heavy atom. The number of carbonyl (C=O) groups is 2. The zero-order chi connectivity index (χ0) is 23.4. The number of amides is 2. The van der Waals surface area contributed by atoms with Gasteiger partial charge in [-0.3, -0.25) is 14.7 Å². The van der Waals surface area contributed by atoms with E-state index in [1.807, 2.05) is 30.9 Å². The summed E-state index contributed by atoms with van der Waals surface area (Å²) in [6, 6.07) is 3.89. The number of H-pyrrole nitrogens is 1. The fourth-order valence-electron chi connectivity index (χ4n) is 5.27. The Hall–Kier alpha value is -2.97. The fraction of sp³-hybridized carbons (Fsp3) is 0.625. The van der Waals surface area contributed by atoms with Gasteiger partial charge in [0.15, 0.2) is 5.82 Å². The van der Waals surface area contributed by atoms with Crippen LogP contribution in [0.15, 0.2) is 12.1 Å². The van der Waals surface area contributed by atoms with E-state index in [0.29, 0.717) is 30.4 Å². The quantitative estimate of drug-likeness (QED) is 0.617. The lowest BCUT2D eigenvalue weighted by Crippen LogP contribution is -2.53. The van der Waals surface area contributed by atoms with Gasteiger partial charge >= 0.3 is 0 Å². The molecule has 1 saturated heterocycles. The molecule has 1 saturated carbocycles. The zero-order valence-electron chi connectivity index (χ0n) is 19.9. The summed E-state index contributed by atoms with van der Waals surface area (Å²) < 4.78 is 0. The topological polar surface area (TPSA) is 116 Å². The maximum Gasteiger partial charge on any atom is 0.224 e. The zero-order valence-corrected chi connectivity index (χ0v) is 19.9. The molecule has 2 fully saturated rings. The number of likely N-dealkylation sites (tertiary alicyclic amines) is 1. The highest BCUT2D eigenvalue weighted by atomic mass is 16.2. The second kappa shape index (κ2) is 9.89. The predicted molar refractivity (Wildman–Crippen MR) is 126 cm³/mol. The Morgan fingerprint density at radius 2 is 1.91 bits per heavy atom. The molecule has 178 valence electrons. The van der Waals surface area contributed by atoms with Crippen LogP contribution >= 0.6 is 0 Å². The number of aromatic amines is 1. The van der Waals surface area contributed by atoms with Gasteiger partial charge in [-0.1, -0.05) is 19.3 Å². The average molecular weight is 454 g/mol. The van der Waals surface area contributed by atoms with Crippen LogP contribution in [0.3, 0.4) is 0 Å². The average Bonchev–Trinajstić information content (AvgIpc) is 3.18. The third kappa shape index (κ3) is 5.89. The molecule has 0 radical (unpaired) electrons. The van der Waals surface area contributed by atoms with Crippen LogP contribution in [0.4, 0.5) is 11.6 Å². The Kier molecular flexibility index (Phi) is 6.95. The number of aryl methyl sites for hydroxylation is 2. The molecule has 1 atom stereocenters. The number of carbonyl (C=O) groups excluding carboxylic acids is 2. The van der Waals surface area contributed by atoms with E-state index < -0.39 is 5.54 Å². The summed E-state index contributed by atoms with van der Waals surface area (Å²) >= 11 is 0. The molecule has 3 heterocycles. The number of rotatable bonds is 6. The van der Waals surface area contributed by atoms with E-state index in [4.69, 9.17) is 4.98 Å². The minimum Gasteiger partial charge on any atom is -0.350 e. The molecule has 9 heteroatoms. The molecule has 9 nitrogen and oxygen atoms in total. The summed E-state index contributed by atoms with van der Waals surface area (Å²) in [7, 11) is 0. The number of anilines is 2. The molecular formula is C24H35N7O2. The molecule has 2 aromatic heterocycles. The smallest absolute Gasteiger partial charge is 0.224 e. The lowest BCUT2D eigenvalue weighted by atomic mass is 9.78. The van der Waals surface area contributed by atoms with Crippen LogP contribution in [-0.4, -0.2) is 55.5 Å². The van der Waals surface area contributed by atoms with Gasteiger partial charge in [-0.2, -0.15) is 5.10 Å². The van der Waals surface area contributed by atoms with Crippen LogP contribution in [0.5, 0.6) is 0 Å². The Labute approximate surface area is 195 Å². The Morgan fingerprint density at radius 3 is 2.61 bits per heavy atom.